The number of carbonyl (C=O) groups is 2. The fraction of sp³-hybridized carbons (Fsp3) is 0.895. The van der Waals surface area contributed by atoms with Crippen molar-refractivity contribution in [3.63, 3.8) is 0 Å². The summed E-state index contributed by atoms with van der Waals surface area (Å²) in [7, 11) is 0. The number of rotatable bonds is 0. The summed E-state index contributed by atoms with van der Waals surface area (Å²) in [5.41, 5.74) is -0.967. The van der Waals surface area contributed by atoms with Crippen LogP contribution in [0.5, 0.6) is 0 Å². The summed E-state index contributed by atoms with van der Waals surface area (Å²) in [6, 6.07) is 0. The van der Waals surface area contributed by atoms with Gasteiger partial charge in [0.15, 0.2) is 0 Å². The average Bonchev–Trinajstić information content (AvgIpc) is 2.49. The molecule has 1 heterocycles. The maximum atomic E-state index is 12.7. The Balaban J connectivity index is 2.80. The van der Waals surface area contributed by atoms with E-state index in [-0.39, 0.29) is 30.8 Å². The second kappa shape index (κ2) is 9.52. The Morgan fingerprint density at radius 2 is 1.67 bits per heavy atom. The van der Waals surface area contributed by atoms with Gasteiger partial charge in [-0.1, -0.05) is 40.5 Å². The van der Waals surface area contributed by atoms with Gasteiger partial charge >= 0.3 is 5.97 Å². The monoisotopic (exact) mass is 342 g/mol. The molecule has 0 aromatic rings. The predicted molar refractivity (Wildman–Crippen MR) is 92.4 cm³/mol. The molecule has 1 saturated heterocycles. The number of aliphatic hydroxyl groups excluding tert-OH is 2. The fourth-order valence-electron chi connectivity index (χ4n) is 3.45. The van der Waals surface area contributed by atoms with E-state index >= 15 is 0 Å². The van der Waals surface area contributed by atoms with Gasteiger partial charge in [-0.3, -0.25) is 9.59 Å². The standard InChI is InChI=1S/C19H34O5/c1-13-7-5-8-15(20)9-6-10-24-17(22)12-16(21)19(3,4)18(23)14(2)11-13/h13-16,20-21H,5-12H2,1-4H3. The molecule has 5 nitrogen and oxygen atoms in total. The van der Waals surface area contributed by atoms with Gasteiger partial charge in [0.25, 0.3) is 0 Å². The lowest BCUT2D eigenvalue weighted by Crippen LogP contribution is -2.42. The van der Waals surface area contributed by atoms with E-state index in [2.05, 4.69) is 6.92 Å². The summed E-state index contributed by atoms with van der Waals surface area (Å²) in [4.78, 5) is 24.6. The molecule has 1 aliphatic heterocycles. The van der Waals surface area contributed by atoms with Gasteiger partial charge < -0.3 is 14.9 Å². The molecule has 0 saturated carbocycles. The molecule has 0 aromatic carbocycles. The molecule has 5 heteroatoms. The number of carbonyl (C=O) groups excluding carboxylic acids is 2. The maximum Gasteiger partial charge on any atom is 0.308 e. The molecule has 0 bridgehead atoms. The second-order valence-corrected chi connectivity index (χ2v) is 8.00. The Labute approximate surface area is 145 Å². The van der Waals surface area contributed by atoms with Crippen LogP contribution in [0.2, 0.25) is 0 Å². The first-order valence-electron chi connectivity index (χ1n) is 9.20. The lowest BCUT2D eigenvalue weighted by molar-refractivity contribution is -0.150. The Kier molecular flexibility index (Phi) is 8.37. The van der Waals surface area contributed by atoms with E-state index in [1.54, 1.807) is 13.8 Å². The Bertz CT molecular complexity index is 418. The van der Waals surface area contributed by atoms with Crippen LogP contribution in [0.1, 0.15) is 72.6 Å². The van der Waals surface area contributed by atoms with Gasteiger partial charge in [-0.15, -0.1) is 0 Å². The number of ether oxygens (including phenoxy) is 1. The number of aliphatic hydroxyl groups is 2. The van der Waals surface area contributed by atoms with Gasteiger partial charge in [0, 0.05) is 5.92 Å². The topological polar surface area (TPSA) is 83.8 Å². The van der Waals surface area contributed by atoms with Crippen LogP contribution in [-0.2, 0) is 14.3 Å². The maximum absolute atomic E-state index is 12.7. The largest absolute Gasteiger partial charge is 0.466 e. The zero-order valence-corrected chi connectivity index (χ0v) is 15.6. The van der Waals surface area contributed by atoms with Crippen LogP contribution in [-0.4, -0.2) is 40.8 Å². The number of Topliss-reactive ketones (excluding diaryl/α,β-unsaturated/α-hetero) is 1. The Morgan fingerprint density at radius 1 is 1.04 bits per heavy atom. The van der Waals surface area contributed by atoms with Crippen molar-refractivity contribution in [2.45, 2.75) is 84.8 Å². The summed E-state index contributed by atoms with van der Waals surface area (Å²) in [5, 5.41) is 20.3. The minimum atomic E-state index is -1.05. The molecule has 0 amide bonds. The molecular formula is C19H34O5. The zero-order valence-electron chi connectivity index (χ0n) is 15.6. The molecule has 140 valence electrons. The summed E-state index contributed by atoms with van der Waals surface area (Å²) in [6.07, 6.45) is 3.04. The lowest BCUT2D eigenvalue weighted by atomic mass is 9.74. The van der Waals surface area contributed by atoms with Gasteiger partial charge in [0.05, 0.1) is 30.7 Å². The van der Waals surface area contributed by atoms with Gasteiger partial charge in [0.1, 0.15) is 5.78 Å². The molecule has 0 spiro atoms. The van der Waals surface area contributed by atoms with Crippen molar-refractivity contribution >= 4 is 11.8 Å². The van der Waals surface area contributed by atoms with E-state index in [0.29, 0.717) is 18.8 Å². The van der Waals surface area contributed by atoms with Crippen LogP contribution in [0.3, 0.4) is 0 Å². The SMILES string of the molecule is CC1CCCC(O)CCCOC(=O)CC(O)C(C)(C)C(=O)C(C)C1. The third-order valence-electron chi connectivity index (χ3n) is 5.21. The average molecular weight is 342 g/mol. The molecule has 0 radical (unpaired) electrons. The van der Waals surface area contributed by atoms with Crippen molar-refractivity contribution in [3.05, 3.63) is 0 Å². The van der Waals surface area contributed by atoms with Gasteiger partial charge in [-0.25, -0.2) is 0 Å². The van der Waals surface area contributed by atoms with Crippen molar-refractivity contribution in [2.75, 3.05) is 6.61 Å². The number of esters is 1. The van der Waals surface area contributed by atoms with Crippen LogP contribution in [0.15, 0.2) is 0 Å². The highest BCUT2D eigenvalue weighted by molar-refractivity contribution is 5.87. The molecule has 0 aliphatic carbocycles. The van der Waals surface area contributed by atoms with Crippen LogP contribution in [0.25, 0.3) is 0 Å². The highest BCUT2D eigenvalue weighted by atomic mass is 16.5. The second-order valence-electron chi connectivity index (χ2n) is 8.00. The molecule has 24 heavy (non-hydrogen) atoms. The summed E-state index contributed by atoms with van der Waals surface area (Å²) >= 11 is 0. The van der Waals surface area contributed by atoms with E-state index in [9.17, 15) is 19.8 Å². The van der Waals surface area contributed by atoms with E-state index in [0.717, 1.165) is 25.7 Å². The number of hydrogen-bond donors (Lipinski definition) is 2. The summed E-state index contributed by atoms with van der Waals surface area (Å²) < 4.78 is 5.11. The van der Waals surface area contributed by atoms with Crippen LogP contribution < -0.4 is 0 Å². The smallest absolute Gasteiger partial charge is 0.308 e. The minimum Gasteiger partial charge on any atom is -0.466 e. The van der Waals surface area contributed by atoms with Crippen molar-refractivity contribution in [3.8, 4) is 0 Å². The minimum absolute atomic E-state index is 0.0122. The number of hydrogen-bond acceptors (Lipinski definition) is 5. The van der Waals surface area contributed by atoms with Crippen molar-refractivity contribution in [1.29, 1.82) is 0 Å². The normalized spacial score (nSPS) is 34.6. The number of cyclic esters (lactones) is 1. The van der Waals surface area contributed by atoms with Gasteiger partial charge in [-0.2, -0.15) is 0 Å². The van der Waals surface area contributed by atoms with E-state index in [1.807, 2.05) is 6.92 Å². The van der Waals surface area contributed by atoms with E-state index < -0.39 is 17.5 Å². The lowest BCUT2D eigenvalue weighted by Gasteiger charge is -2.32. The molecule has 0 aromatic heterocycles. The van der Waals surface area contributed by atoms with Crippen molar-refractivity contribution < 1.29 is 24.5 Å². The van der Waals surface area contributed by atoms with Gasteiger partial charge in [0.2, 0.25) is 0 Å². The summed E-state index contributed by atoms with van der Waals surface area (Å²) in [6.45, 7) is 7.66. The molecule has 2 N–H and O–H groups in total. The molecule has 1 rings (SSSR count). The first-order valence-corrected chi connectivity index (χ1v) is 9.20. The first-order chi connectivity index (χ1) is 11.1. The molecule has 4 unspecified atom stereocenters. The van der Waals surface area contributed by atoms with Crippen LogP contribution in [0.4, 0.5) is 0 Å². The van der Waals surface area contributed by atoms with E-state index in [4.69, 9.17) is 4.74 Å². The quantitative estimate of drug-likeness (QED) is 0.661. The Morgan fingerprint density at radius 3 is 2.33 bits per heavy atom. The molecule has 1 fully saturated rings. The highest BCUT2D eigenvalue weighted by Gasteiger charge is 2.39. The first kappa shape index (κ1) is 21.1. The third kappa shape index (κ3) is 6.52. The summed E-state index contributed by atoms with van der Waals surface area (Å²) in [5.74, 6) is -0.284. The molecular weight excluding hydrogens is 308 g/mol. The molecule has 4 atom stereocenters. The third-order valence-corrected chi connectivity index (χ3v) is 5.21. The van der Waals surface area contributed by atoms with Gasteiger partial charge in [-0.05, 0) is 31.6 Å². The predicted octanol–water partition coefficient (Wildman–Crippen LogP) is 2.86. The zero-order chi connectivity index (χ0) is 18.3. The fourth-order valence-corrected chi connectivity index (χ4v) is 3.45. The highest BCUT2D eigenvalue weighted by Crippen LogP contribution is 2.31. The van der Waals surface area contributed by atoms with Crippen LogP contribution in [0, 0.1) is 17.3 Å². The Hall–Kier alpha value is -0.940. The number of ketones is 1. The van der Waals surface area contributed by atoms with Crippen LogP contribution >= 0.6 is 0 Å². The van der Waals surface area contributed by atoms with Crippen molar-refractivity contribution in [1.82, 2.24) is 0 Å². The van der Waals surface area contributed by atoms with E-state index in [1.165, 1.54) is 0 Å². The molecule has 1 aliphatic rings. The van der Waals surface area contributed by atoms with Crippen molar-refractivity contribution in [2.24, 2.45) is 17.3 Å².